The lowest BCUT2D eigenvalue weighted by Crippen LogP contribution is -2.10. The van der Waals surface area contributed by atoms with E-state index in [9.17, 15) is 0 Å². The molecule has 0 bridgehead atoms. The highest BCUT2D eigenvalue weighted by Crippen LogP contribution is 2.07. The van der Waals surface area contributed by atoms with E-state index in [4.69, 9.17) is 0 Å². The molecule has 0 spiro atoms. The first kappa shape index (κ1) is 11.2. The molecule has 4 heteroatoms. The Labute approximate surface area is 85.7 Å². The summed E-state index contributed by atoms with van der Waals surface area (Å²) in [7, 11) is 1.90. The van der Waals surface area contributed by atoms with Crippen LogP contribution in [0.2, 0.25) is 0 Å². The van der Waals surface area contributed by atoms with Gasteiger partial charge in [0.05, 0.1) is 6.54 Å². The lowest BCUT2D eigenvalue weighted by molar-refractivity contribution is 0.418. The van der Waals surface area contributed by atoms with Crippen LogP contribution in [-0.4, -0.2) is 21.8 Å². The predicted octanol–water partition coefficient (Wildman–Crippen LogP) is 1.43. The normalized spacial score (nSPS) is 13.1. The van der Waals surface area contributed by atoms with Crippen LogP contribution in [0.1, 0.15) is 32.5 Å². The van der Waals surface area contributed by atoms with E-state index in [-0.39, 0.29) is 0 Å². The third-order valence-corrected chi connectivity index (χ3v) is 2.20. The number of nitrogens with zero attached hydrogens (tertiary/aromatic N) is 3. The molecule has 1 aromatic rings. The maximum atomic E-state index is 4.37. The predicted molar refractivity (Wildman–Crippen MR) is 56.9 cm³/mol. The van der Waals surface area contributed by atoms with Gasteiger partial charge >= 0.3 is 0 Å². The SMILES string of the molecule is CCCC(C)Cn1cnc(CNC)n1. The van der Waals surface area contributed by atoms with Gasteiger partial charge in [0.2, 0.25) is 0 Å². The smallest absolute Gasteiger partial charge is 0.164 e. The Morgan fingerprint density at radius 2 is 2.36 bits per heavy atom. The Hall–Kier alpha value is -0.900. The van der Waals surface area contributed by atoms with Gasteiger partial charge in [0, 0.05) is 6.54 Å². The van der Waals surface area contributed by atoms with Crippen molar-refractivity contribution in [2.24, 2.45) is 5.92 Å². The van der Waals surface area contributed by atoms with Gasteiger partial charge in [0.25, 0.3) is 0 Å². The molecular formula is C10H20N4. The summed E-state index contributed by atoms with van der Waals surface area (Å²) < 4.78 is 1.94. The molecule has 0 aliphatic rings. The summed E-state index contributed by atoms with van der Waals surface area (Å²) in [6, 6.07) is 0. The molecule has 1 N–H and O–H groups in total. The fourth-order valence-electron chi connectivity index (χ4n) is 1.56. The van der Waals surface area contributed by atoms with E-state index in [1.807, 2.05) is 18.1 Å². The Balaban J connectivity index is 2.42. The zero-order valence-electron chi connectivity index (χ0n) is 9.32. The molecular weight excluding hydrogens is 176 g/mol. The second kappa shape index (κ2) is 5.75. The fraction of sp³-hybridized carbons (Fsp3) is 0.800. The standard InChI is InChI=1S/C10H20N4/c1-4-5-9(2)7-14-8-12-10(13-14)6-11-3/h8-9,11H,4-7H2,1-3H3. The molecule has 0 aliphatic carbocycles. The van der Waals surface area contributed by atoms with Gasteiger partial charge in [0.15, 0.2) is 5.82 Å². The van der Waals surface area contributed by atoms with Crippen molar-refractivity contribution in [3.05, 3.63) is 12.2 Å². The van der Waals surface area contributed by atoms with Gasteiger partial charge < -0.3 is 5.32 Å². The second-order valence-corrected chi connectivity index (χ2v) is 3.81. The van der Waals surface area contributed by atoms with Crippen LogP contribution in [0.4, 0.5) is 0 Å². The Morgan fingerprint density at radius 1 is 1.57 bits per heavy atom. The van der Waals surface area contributed by atoms with E-state index in [1.165, 1.54) is 12.8 Å². The molecule has 1 rings (SSSR count). The van der Waals surface area contributed by atoms with E-state index in [0.717, 1.165) is 18.9 Å². The molecule has 80 valence electrons. The van der Waals surface area contributed by atoms with Gasteiger partial charge in [0.1, 0.15) is 6.33 Å². The summed E-state index contributed by atoms with van der Waals surface area (Å²) in [5.41, 5.74) is 0. The highest BCUT2D eigenvalue weighted by Gasteiger charge is 2.04. The second-order valence-electron chi connectivity index (χ2n) is 3.81. The fourth-order valence-corrected chi connectivity index (χ4v) is 1.56. The van der Waals surface area contributed by atoms with Crippen molar-refractivity contribution in [2.45, 2.75) is 39.8 Å². The molecule has 0 amide bonds. The molecule has 4 nitrogen and oxygen atoms in total. The summed E-state index contributed by atoms with van der Waals surface area (Å²) in [6.07, 6.45) is 4.30. The van der Waals surface area contributed by atoms with Crippen molar-refractivity contribution in [1.29, 1.82) is 0 Å². The van der Waals surface area contributed by atoms with Crippen molar-refractivity contribution in [3.8, 4) is 0 Å². The van der Waals surface area contributed by atoms with Crippen LogP contribution in [0, 0.1) is 5.92 Å². The van der Waals surface area contributed by atoms with Crippen LogP contribution in [0.5, 0.6) is 0 Å². The molecule has 0 radical (unpaired) electrons. The maximum Gasteiger partial charge on any atom is 0.164 e. The van der Waals surface area contributed by atoms with Crippen LogP contribution >= 0.6 is 0 Å². The molecule has 0 saturated heterocycles. The lowest BCUT2D eigenvalue weighted by Gasteiger charge is -2.08. The number of rotatable bonds is 6. The van der Waals surface area contributed by atoms with Crippen molar-refractivity contribution < 1.29 is 0 Å². The number of aromatic nitrogens is 3. The molecule has 14 heavy (non-hydrogen) atoms. The van der Waals surface area contributed by atoms with Crippen molar-refractivity contribution in [2.75, 3.05) is 7.05 Å². The van der Waals surface area contributed by atoms with Crippen LogP contribution in [-0.2, 0) is 13.1 Å². The Bertz CT molecular complexity index is 256. The molecule has 0 aliphatic heterocycles. The molecule has 1 unspecified atom stereocenters. The third-order valence-electron chi connectivity index (χ3n) is 2.20. The summed E-state index contributed by atoms with van der Waals surface area (Å²) in [5, 5.41) is 7.40. The number of hydrogen-bond acceptors (Lipinski definition) is 3. The van der Waals surface area contributed by atoms with E-state index in [2.05, 4.69) is 29.2 Å². The van der Waals surface area contributed by atoms with Gasteiger partial charge in [-0.15, -0.1) is 0 Å². The first-order valence-electron chi connectivity index (χ1n) is 5.29. The summed E-state index contributed by atoms with van der Waals surface area (Å²) in [4.78, 5) is 4.21. The van der Waals surface area contributed by atoms with E-state index < -0.39 is 0 Å². The third kappa shape index (κ3) is 3.46. The van der Waals surface area contributed by atoms with Crippen LogP contribution in [0.3, 0.4) is 0 Å². The summed E-state index contributed by atoms with van der Waals surface area (Å²) in [6.45, 7) is 6.19. The van der Waals surface area contributed by atoms with Crippen molar-refractivity contribution >= 4 is 0 Å². The van der Waals surface area contributed by atoms with Crippen LogP contribution < -0.4 is 5.32 Å². The molecule has 0 saturated carbocycles. The minimum atomic E-state index is 0.684. The van der Waals surface area contributed by atoms with Crippen LogP contribution in [0.15, 0.2) is 6.33 Å². The molecule has 1 aromatic heterocycles. The van der Waals surface area contributed by atoms with Gasteiger partial charge in [-0.25, -0.2) is 4.98 Å². The molecule has 1 heterocycles. The summed E-state index contributed by atoms with van der Waals surface area (Å²) in [5.74, 6) is 1.56. The van der Waals surface area contributed by atoms with E-state index >= 15 is 0 Å². The van der Waals surface area contributed by atoms with Crippen molar-refractivity contribution in [3.63, 3.8) is 0 Å². The highest BCUT2D eigenvalue weighted by atomic mass is 15.3. The zero-order chi connectivity index (χ0) is 10.4. The molecule has 0 fully saturated rings. The van der Waals surface area contributed by atoms with Gasteiger partial charge in [-0.05, 0) is 19.4 Å². The zero-order valence-corrected chi connectivity index (χ0v) is 9.32. The van der Waals surface area contributed by atoms with Crippen molar-refractivity contribution in [1.82, 2.24) is 20.1 Å². The van der Waals surface area contributed by atoms with Gasteiger partial charge in [-0.3, -0.25) is 4.68 Å². The first-order valence-corrected chi connectivity index (χ1v) is 5.29. The van der Waals surface area contributed by atoms with E-state index in [0.29, 0.717) is 5.92 Å². The Morgan fingerprint density at radius 3 is 3.00 bits per heavy atom. The average Bonchev–Trinajstić information content (AvgIpc) is 2.53. The first-order chi connectivity index (χ1) is 6.76. The minimum Gasteiger partial charge on any atom is -0.313 e. The quantitative estimate of drug-likeness (QED) is 0.748. The van der Waals surface area contributed by atoms with Gasteiger partial charge in [-0.2, -0.15) is 5.10 Å². The lowest BCUT2D eigenvalue weighted by atomic mass is 10.1. The number of nitrogens with one attached hydrogen (secondary N) is 1. The van der Waals surface area contributed by atoms with E-state index in [1.54, 1.807) is 0 Å². The van der Waals surface area contributed by atoms with Crippen LogP contribution in [0.25, 0.3) is 0 Å². The molecule has 1 atom stereocenters. The number of hydrogen-bond donors (Lipinski definition) is 1. The topological polar surface area (TPSA) is 42.7 Å². The summed E-state index contributed by atoms with van der Waals surface area (Å²) >= 11 is 0. The molecule has 0 aromatic carbocycles. The largest absolute Gasteiger partial charge is 0.313 e. The maximum absolute atomic E-state index is 4.37. The monoisotopic (exact) mass is 196 g/mol. The minimum absolute atomic E-state index is 0.684. The Kier molecular flexibility index (Phi) is 4.59. The highest BCUT2D eigenvalue weighted by molar-refractivity contribution is 4.80. The average molecular weight is 196 g/mol. The van der Waals surface area contributed by atoms with Gasteiger partial charge in [-0.1, -0.05) is 20.3 Å².